The van der Waals surface area contributed by atoms with Crippen molar-refractivity contribution in [2.24, 2.45) is 0 Å². The first kappa shape index (κ1) is 29.0. The Morgan fingerprint density at radius 2 is 1.79 bits per heavy atom. The molecule has 5 rings (SSSR count). The Balaban J connectivity index is 1.77. The van der Waals surface area contributed by atoms with Gasteiger partial charge in [0, 0.05) is 48.6 Å². The van der Waals surface area contributed by atoms with E-state index >= 15 is 8.78 Å². The van der Waals surface area contributed by atoms with Crippen molar-refractivity contribution in [3.8, 4) is 22.7 Å². The van der Waals surface area contributed by atoms with Crippen LogP contribution in [0.3, 0.4) is 0 Å². The van der Waals surface area contributed by atoms with E-state index in [1.807, 2.05) is 32.0 Å². The second-order valence-electron chi connectivity index (χ2n) is 9.93. The van der Waals surface area contributed by atoms with Crippen LogP contribution >= 0.6 is 0 Å². The molecule has 12 heteroatoms. The van der Waals surface area contributed by atoms with Gasteiger partial charge in [-0.3, -0.25) is 0 Å². The summed E-state index contributed by atoms with van der Waals surface area (Å²) in [4.78, 5) is 5.35. The van der Waals surface area contributed by atoms with Crippen LogP contribution in [0.2, 0.25) is 0 Å². The molecule has 0 radical (unpaired) electrons. The van der Waals surface area contributed by atoms with Crippen LogP contribution in [-0.4, -0.2) is 34.6 Å². The highest BCUT2D eigenvalue weighted by atomic mass is 19.4. The normalized spacial score (nSPS) is 13.3. The Morgan fingerprint density at radius 1 is 1.10 bits per heavy atom. The Morgan fingerprint density at radius 3 is 2.36 bits per heavy atom. The third-order valence-corrected chi connectivity index (χ3v) is 7.58. The molecular formula is C30H29F5N6O. The number of halogens is 5. The number of pyridine rings is 1. The molecular weight excluding hydrogens is 555 g/mol. The SMILES string of the molecule is CCc1cccc(CC)c1-n1nc2c(c1-c1cc(F)c(OC)c(N)c1C=N)CN(c1ncc(C(F)(F)F)cc1F)CC2. The number of ether oxygens (including phenoxy) is 1. The number of nitrogens with zero attached hydrogens (tertiary/aromatic N) is 4. The highest BCUT2D eigenvalue weighted by molar-refractivity contribution is 5.97. The fourth-order valence-electron chi connectivity index (χ4n) is 5.52. The number of aryl methyl sites for hydroxylation is 2. The van der Waals surface area contributed by atoms with E-state index in [-0.39, 0.29) is 41.5 Å². The molecule has 0 unspecified atom stereocenters. The van der Waals surface area contributed by atoms with Crippen LogP contribution in [0, 0.1) is 17.0 Å². The standard InChI is InChI=1S/C30H29F5N6O/c1-4-16-7-6-8-17(5-2)26(16)41-27(19-12-22(31)28(42-3)25(37)20(19)13-36)21-15-40(10-9-24(21)39-41)29-23(32)11-18(14-38-29)30(33,34)35/h6-8,11-14,36H,4-5,9-10,15,37H2,1-3H3. The van der Waals surface area contributed by atoms with E-state index in [9.17, 15) is 13.2 Å². The number of rotatable bonds is 7. The molecule has 2 aromatic heterocycles. The van der Waals surface area contributed by atoms with Crippen molar-refractivity contribution >= 4 is 17.7 Å². The Kier molecular flexibility index (Phi) is 7.65. The van der Waals surface area contributed by atoms with E-state index in [0.29, 0.717) is 48.5 Å². The number of anilines is 2. The molecule has 2 aromatic carbocycles. The summed E-state index contributed by atoms with van der Waals surface area (Å²) in [5.41, 5.74) is 10.0. The molecule has 1 aliphatic heterocycles. The van der Waals surface area contributed by atoms with Crippen LogP contribution in [0.1, 0.15) is 47.4 Å². The lowest BCUT2D eigenvalue weighted by atomic mass is 9.95. The lowest BCUT2D eigenvalue weighted by Crippen LogP contribution is -2.32. The zero-order chi connectivity index (χ0) is 30.3. The molecule has 42 heavy (non-hydrogen) atoms. The minimum atomic E-state index is -4.74. The summed E-state index contributed by atoms with van der Waals surface area (Å²) in [5.74, 6) is -2.27. The van der Waals surface area contributed by atoms with Crippen molar-refractivity contribution in [2.45, 2.75) is 45.8 Å². The number of hydrogen-bond donors (Lipinski definition) is 2. The Hall–Kier alpha value is -4.48. The number of aromatic nitrogens is 3. The molecule has 1 aliphatic rings. The van der Waals surface area contributed by atoms with Crippen LogP contribution in [0.4, 0.5) is 33.5 Å². The van der Waals surface area contributed by atoms with Gasteiger partial charge in [-0.05, 0) is 36.1 Å². The highest BCUT2D eigenvalue weighted by Crippen LogP contribution is 2.42. The quantitative estimate of drug-likeness (QED) is 0.147. The summed E-state index contributed by atoms with van der Waals surface area (Å²) in [6, 6.07) is 7.58. The first-order valence-electron chi connectivity index (χ1n) is 13.4. The van der Waals surface area contributed by atoms with Gasteiger partial charge < -0.3 is 20.8 Å². The molecule has 0 spiro atoms. The molecule has 4 aromatic rings. The largest absolute Gasteiger partial charge is 0.492 e. The number of nitrogen functional groups attached to an aromatic ring is 1. The molecule has 0 aliphatic carbocycles. The van der Waals surface area contributed by atoms with Crippen molar-refractivity contribution in [1.29, 1.82) is 5.41 Å². The van der Waals surface area contributed by atoms with Crippen molar-refractivity contribution < 1.29 is 26.7 Å². The number of para-hydroxylation sites is 1. The molecule has 0 saturated carbocycles. The van der Waals surface area contributed by atoms with Gasteiger partial charge in [0.05, 0.1) is 35.4 Å². The maximum Gasteiger partial charge on any atom is 0.417 e. The lowest BCUT2D eigenvalue weighted by molar-refractivity contribution is -0.138. The van der Waals surface area contributed by atoms with Crippen molar-refractivity contribution in [2.75, 3.05) is 24.3 Å². The molecule has 0 atom stereocenters. The molecule has 3 N–H and O–H groups in total. The minimum Gasteiger partial charge on any atom is -0.492 e. The van der Waals surface area contributed by atoms with Gasteiger partial charge in [-0.15, -0.1) is 0 Å². The van der Waals surface area contributed by atoms with E-state index < -0.39 is 23.4 Å². The van der Waals surface area contributed by atoms with Crippen LogP contribution in [0.5, 0.6) is 5.75 Å². The predicted octanol–water partition coefficient (Wildman–Crippen LogP) is 6.51. The molecule has 0 fully saturated rings. The third kappa shape index (κ3) is 4.84. The number of alkyl halides is 3. The number of nitrogens with one attached hydrogen (secondary N) is 1. The van der Waals surface area contributed by atoms with Gasteiger partial charge in [0.1, 0.15) is 0 Å². The van der Waals surface area contributed by atoms with E-state index in [4.69, 9.17) is 21.0 Å². The van der Waals surface area contributed by atoms with E-state index in [1.54, 1.807) is 4.68 Å². The van der Waals surface area contributed by atoms with Gasteiger partial charge in [0.25, 0.3) is 0 Å². The number of benzene rings is 2. The van der Waals surface area contributed by atoms with Crippen molar-refractivity contribution in [3.05, 3.63) is 81.7 Å². The lowest BCUT2D eigenvalue weighted by Gasteiger charge is -2.28. The topological polar surface area (TPSA) is 93.0 Å². The molecule has 220 valence electrons. The number of fused-ring (bicyclic) bond motifs is 1. The van der Waals surface area contributed by atoms with E-state index in [1.165, 1.54) is 18.1 Å². The minimum absolute atomic E-state index is 0.0285. The molecule has 7 nitrogen and oxygen atoms in total. The first-order chi connectivity index (χ1) is 20.0. The van der Waals surface area contributed by atoms with Crippen LogP contribution in [-0.2, 0) is 32.0 Å². The second-order valence-corrected chi connectivity index (χ2v) is 9.93. The van der Waals surface area contributed by atoms with Gasteiger partial charge >= 0.3 is 6.18 Å². The molecule has 3 heterocycles. The zero-order valence-corrected chi connectivity index (χ0v) is 23.2. The number of hydrogen-bond acceptors (Lipinski definition) is 6. The highest BCUT2D eigenvalue weighted by Gasteiger charge is 2.34. The van der Waals surface area contributed by atoms with Crippen LogP contribution in [0.15, 0.2) is 36.5 Å². The summed E-state index contributed by atoms with van der Waals surface area (Å²) in [7, 11) is 1.28. The fraction of sp³-hybridized carbons (Fsp3) is 0.300. The van der Waals surface area contributed by atoms with Crippen molar-refractivity contribution in [1.82, 2.24) is 14.8 Å². The van der Waals surface area contributed by atoms with Crippen LogP contribution in [0.25, 0.3) is 16.9 Å². The average molecular weight is 585 g/mol. The number of methoxy groups -OCH3 is 1. The summed E-state index contributed by atoms with van der Waals surface area (Å²) in [6.07, 6.45) is -1.44. The monoisotopic (exact) mass is 584 g/mol. The molecule has 0 amide bonds. The second kappa shape index (κ2) is 11.1. The predicted molar refractivity (Wildman–Crippen MR) is 151 cm³/mol. The van der Waals surface area contributed by atoms with Gasteiger partial charge in [-0.25, -0.2) is 18.4 Å². The van der Waals surface area contributed by atoms with Gasteiger partial charge in [0.2, 0.25) is 0 Å². The van der Waals surface area contributed by atoms with Gasteiger partial charge in [-0.1, -0.05) is 32.0 Å². The fourth-order valence-corrected chi connectivity index (χ4v) is 5.52. The maximum atomic E-state index is 15.3. The Bertz CT molecular complexity index is 1660. The summed E-state index contributed by atoms with van der Waals surface area (Å²) < 4.78 is 76.7. The molecule has 0 bridgehead atoms. The third-order valence-electron chi connectivity index (χ3n) is 7.58. The summed E-state index contributed by atoms with van der Waals surface area (Å²) in [5, 5.41) is 13.1. The summed E-state index contributed by atoms with van der Waals surface area (Å²) in [6.45, 7) is 4.29. The zero-order valence-electron chi connectivity index (χ0n) is 23.2. The first-order valence-corrected chi connectivity index (χ1v) is 13.4. The van der Waals surface area contributed by atoms with Crippen LogP contribution < -0.4 is 15.4 Å². The number of nitrogens with two attached hydrogens (primary N) is 1. The van der Waals surface area contributed by atoms with Crippen molar-refractivity contribution in [3.63, 3.8) is 0 Å². The summed E-state index contributed by atoms with van der Waals surface area (Å²) >= 11 is 0. The van der Waals surface area contributed by atoms with Gasteiger partial charge in [0.15, 0.2) is 23.2 Å². The van der Waals surface area contributed by atoms with Gasteiger partial charge in [-0.2, -0.15) is 18.3 Å². The maximum absolute atomic E-state index is 15.3. The smallest absolute Gasteiger partial charge is 0.417 e. The average Bonchev–Trinajstić information content (AvgIpc) is 3.34. The van der Waals surface area contributed by atoms with E-state index in [0.717, 1.165) is 23.0 Å². The molecule has 0 saturated heterocycles. The van der Waals surface area contributed by atoms with E-state index in [2.05, 4.69) is 4.98 Å². The Labute approximate surface area is 239 Å².